The van der Waals surface area contributed by atoms with Gasteiger partial charge in [-0.15, -0.1) is 58.7 Å². The van der Waals surface area contributed by atoms with E-state index in [0.29, 0.717) is 0 Å². The first-order valence-corrected chi connectivity index (χ1v) is 24.9. The van der Waals surface area contributed by atoms with Gasteiger partial charge >= 0.3 is 20.1 Å². The maximum atomic E-state index is 9.98. The van der Waals surface area contributed by atoms with Crippen molar-refractivity contribution in [3.05, 3.63) is 223 Å². The third kappa shape index (κ3) is 8.55. The normalized spacial score (nSPS) is 13.0. The summed E-state index contributed by atoms with van der Waals surface area (Å²) in [6.07, 6.45) is 5.36. The van der Waals surface area contributed by atoms with Crippen molar-refractivity contribution in [2.75, 3.05) is 0 Å². The van der Waals surface area contributed by atoms with Gasteiger partial charge in [0.05, 0.1) is 33.7 Å². The van der Waals surface area contributed by atoms with Crippen LogP contribution in [0.25, 0.3) is 78.5 Å². The first-order valence-electron chi connectivity index (χ1n) is 24.9. The molecule has 6 nitrogen and oxygen atoms in total. The maximum absolute atomic E-state index is 9.98. The second kappa shape index (κ2) is 20.7. The van der Waals surface area contributed by atoms with E-state index >= 15 is 0 Å². The van der Waals surface area contributed by atoms with E-state index < -0.39 is 0 Å². The van der Waals surface area contributed by atoms with Crippen LogP contribution in [0, 0.1) is 18.6 Å². The third-order valence-corrected chi connectivity index (χ3v) is 14.9. The van der Waals surface area contributed by atoms with E-state index in [1.54, 1.807) is 0 Å². The van der Waals surface area contributed by atoms with Crippen LogP contribution in [0.2, 0.25) is 0 Å². The molecule has 358 valence electrons. The molecule has 2 aliphatic carbocycles. The van der Waals surface area contributed by atoms with Crippen molar-refractivity contribution >= 4 is 33.6 Å². The molecule has 0 N–H and O–H groups in total. The Morgan fingerprint density at radius 1 is 0.458 bits per heavy atom. The van der Waals surface area contributed by atoms with E-state index in [1.807, 2.05) is 0 Å². The van der Waals surface area contributed by atoms with Gasteiger partial charge in [-0.25, -0.2) is 0 Å². The number of para-hydroxylation sites is 6. The fraction of sp³-hybridized carbons (Fsp3) is 0.185. The quantitative estimate of drug-likeness (QED) is 0.101. The molecule has 72 heavy (non-hydrogen) atoms. The van der Waals surface area contributed by atoms with Gasteiger partial charge < -0.3 is 18.7 Å². The average Bonchev–Trinajstić information content (AvgIpc) is 4.15. The smallest absolute Gasteiger partial charge is 0.334 e. The van der Waals surface area contributed by atoms with Gasteiger partial charge in [0, 0.05) is 33.8 Å². The second-order valence-electron chi connectivity index (χ2n) is 18.6. The summed E-state index contributed by atoms with van der Waals surface area (Å²) in [6.45, 7) is 11.9. The molecule has 0 bridgehead atoms. The topological polar surface area (TPSA) is 69.8 Å². The Labute approximate surface area is 437 Å². The first-order chi connectivity index (χ1) is 34.7. The summed E-state index contributed by atoms with van der Waals surface area (Å²) in [5.41, 5.74) is 19.7. The molecule has 0 amide bonds. The monoisotopic (exact) mass is 1120 g/mol. The molecule has 0 saturated heterocycles. The second-order valence-corrected chi connectivity index (χ2v) is 18.6. The van der Waals surface area contributed by atoms with Crippen molar-refractivity contribution in [3.8, 4) is 56.4 Å². The van der Waals surface area contributed by atoms with Crippen LogP contribution in [0.15, 0.2) is 182 Å². The number of carbonyl (C=O) groups excluding carboxylic acids is 2. The zero-order chi connectivity index (χ0) is 49.3. The molecule has 0 unspecified atom stereocenters. The minimum atomic E-state index is -0.187. The van der Waals surface area contributed by atoms with Crippen molar-refractivity contribution in [1.29, 1.82) is 0 Å². The minimum Gasteiger partial charge on any atom is -0.334 e. The van der Waals surface area contributed by atoms with Gasteiger partial charge in [0.25, 0.3) is 0 Å². The Morgan fingerprint density at radius 3 is 1.17 bits per heavy atom. The molecule has 0 atom stereocenters. The largest absolute Gasteiger partial charge is 3.00 e. The van der Waals surface area contributed by atoms with E-state index in [1.165, 1.54) is 58.4 Å². The van der Waals surface area contributed by atoms with E-state index in [0.717, 1.165) is 88.3 Å². The molecule has 0 radical (unpaired) electrons. The van der Waals surface area contributed by atoms with Crippen molar-refractivity contribution < 1.29 is 29.7 Å². The zero-order valence-corrected chi connectivity index (χ0v) is 44.1. The Kier molecular flexibility index (Phi) is 14.3. The standard InChI is InChI=1S/2C30H25N2.C5H7O2.Ir/c2*1-3-30(4-2)25-15-9-8-14-23(25)24-19-18-21(20-26(24)30)29-31-27-16-10-11-17-28(27)32(29)22-12-6-5-7-13-22;1-4(6)3-5(2)7;/h2*5-17,19-20H,3-4H2,1-2H3;3H,1-2H3;/q3*-1;+3. The SMILES string of the molecule is CC(=O)[CH-]C(C)=O.CCC1(CC)c2ccccc2-c2c[c-]c(-c3nc4ccccc4n3-c3ccccc3)cc21.CCC1(CC)c2ccccc2-c2c[c-]c(-c3nc4ccccc4n3-c3ccccc3)cc21.[Ir+3]. The first kappa shape index (κ1) is 49.5. The molecule has 8 aromatic carbocycles. The molecule has 2 heterocycles. The van der Waals surface area contributed by atoms with Crippen LogP contribution in [0.1, 0.15) is 89.5 Å². The van der Waals surface area contributed by atoms with Crippen LogP contribution in [0.5, 0.6) is 0 Å². The molecule has 0 saturated carbocycles. The van der Waals surface area contributed by atoms with E-state index in [-0.39, 0.29) is 42.5 Å². The number of nitrogens with zero attached hydrogens (tertiary/aromatic N) is 4. The Hall–Kier alpha value is -7.44. The average molecular weight is 1120 g/mol. The summed E-state index contributed by atoms with van der Waals surface area (Å²) in [4.78, 5) is 30.1. The fourth-order valence-electron chi connectivity index (χ4n) is 11.4. The van der Waals surface area contributed by atoms with Crippen LogP contribution in [0.4, 0.5) is 0 Å². The predicted octanol–water partition coefficient (Wildman–Crippen LogP) is 15.5. The minimum absolute atomic E-state index is 0. The number of hydrogen-bond acceptors (Lipinski definition) is 4. The number of carbonyl (C=O) groups is 2. The number of hydrogen-bond donors (Lipinski definition) is 0. The number of Topliss-reactive ketones (excluding diaryl/α,β-unsaturated/α-hetero) is 2. The van der Waals surface area contributed by atoms with Gasteiger partial charge in [-0.1, -0.05) is 159 Å². The third-order valence-electron chi connectivity index (χ3n) is 14.9. The predicted molar refractivity (Wildman–Crippen MR) is 290 cm³/mol. The van der Waals surface area contributed by atoms with Crippen molar-refractivity contribution in [2.24, 2.45) is 0 Å². The van der Waals surface area contributed by atoms with Crippen molar-refractivity contribution in [2.45, 2.75) is 78.1 Å². The number of benzene rings is 8. The van der Waals surface area contributed by atoms with E-state index in [9.17, 15) is 9.59 Å². The van der Waals surface area contributed by atoms with Gasteiger partial charge in [-0.05, 0) is 99.2 Å². The molecule has 12 rings (SSSR count). The summed E-state index contributed by atoms with van der Waals surface area (Å²) in [5, 5.41) is 0. The van der Waals surface area contributed by atoms with Crippen LogP contribution in [-0.4, -0.2) is 30.7 Å². The summed E-state index contributed by atoms with van der Waals surface area (Å²) < 4.78 is 4.52. The fourth-order valence-corrected chi connectivity index (χ4v) is 11.4. The molecule has 0 fully saturated rings. The summed E-state index contributed by atoms with van der Waals surface area (Å²) >= 11 is 0. The molecule has 7 heteroatoms. The van der Waals surface area contributed by atoms with Gasteiger partial charge in [0.15, 0.2) is 0 Å². The van der Waals surface area contributed by atoms with Crippen molar-refractivity contribution in [1.82, 2.24) is 19.1 Å². The summed E-state index contributed by atoms with van der Waals surface area (Å²) in [5.74, 6) is 1.51. The zero-order valence-electron chi connectivity index (χ0n) is 41.7. The number of imidazole rings is 2. The van der Waals surface area contributed by atoms with Crippen molar-refractivity contribution in [3.63, 3.8) is 0 Å². The van der Waals surface area contributed by atoms with Crippen LogP contribution < -0.4 is 0 Å². The molecule has 2 aliphatic rings. The Bertz CT molecular complexity index is 3340. The molecular formula is C65H57IrN4O2. The number of rotatable bonds is 10. The summed E-state index contributed by atoms with van der Waals surface area (Å²) in [6, 6.07) is 71.7. The van der Waals surface area contributed by atoms with Crippen LogP contribution in [-0.2, 0) is 40.5 Å². The van der Waals surface area contributed by atoms with Crippen LogP contribution in [0.3, 0.4) is 0 Å². The van der Waals surface area contributed by atoms with Gasteiger partial charge in [0.2, 0.25) is 0 Å². The molecule has 0 spiro atoms. The Balaban J connectivity index is 0.000000155. The molecular weight excluding hydrogens is 1060 g/mol. The Morgan fingerprint density at radius 2 is 0.806 bits per heavy atom. The van der Waals surface area contributed by atoms with E-state index in [2.05, 4.69) is 231 Å². The number of ketones is 2. The van der Waals surface area contributed by atoms with Gasteiger partial charge in [0.1, 0.15) is 0 Å². The molecule has 10 aromatic rings. The van der Waals surface area contributed by atoms with Crippen LogP contribution >= 0.6 is 0 Å². The van der Waals surface area contributed by atoms with Gasteiger partial charge in [-0.2, -0.15) is 0 Å². The number of fused-ring (bicyclic) bond motifs is 8. The molecule has 2 aromatic heterocycles. The van der Waals surface area contributed by atoms with Gasteiger partial charge in [-0.3, -0.25) is 16.4 Å². The van der Waals surface area contributed by atoms with E-state index in [4.69, 9.17) is 9.97 Å². The number of aromatic nitrogens is 4. The maximum Gasteiger partial charge on any atom is 3.00 e. The summed E-state index contributed by atoms with van der Waals surface area (Å²) in [7, 11) is 0. The molecule has 0 aliphatic heterocycles.